The fourth-order valence-corrected chi connectivity index (χ4v) is 6.02. The SMILES string of the molecule is Cc1c(-c2cc(Sc3ccccc3C#N)c3c(C#N)cnn3c2)cnn1C1CCN(C(=O)C(C)C)CC1. The average Bonchev–Trinajstić information content (AvgIpc) is 3.51. The highest BCUT2D eigenvalue weighted by Gasteiger charge is 2.27. The molecule has 1 fully saturated rings. The molecule has 0 spiro atoms. The third-order valence-corrected chi connectivity index (χ3v) is 8.00. The number of carbonyl (C=O) groups excluding carboxylic acids is 1. The summed E-state index contributed by atoms with van der Waals surface area (Å²) in [7, 11) is 0. The van der Waals surface area contributed by atoms with Crippen molar-refractivity contribution in [3.05, 3.63) is 65.7 Å². The van der Waals surface area contributed by atoms with Gasteiger partial charge in [0.1, 0.15) is 12.1 Å². The topological polar surface area (TPSA) is 103 Å². The molecule has 3 aromatic heterocycles. The van der Waals surface area contributed by atoms with Gasteiger partial charge in [0, 0.05) is 51.8 Å². The molecule has 186 valence electrons. The molecule has 0 aliphatic carbocycles. The number of nitriles is 2. The summed E-state index contributed by atoms with van der Waals surface area (Å²) >= 11 is 1.46. The van der Waals surface area contributed by atoms with Crippen LogP contribution in [-0.4, -0.2) is 43.3 Å². The van der Waals surface area contributed by atoms with Crippen LogP contribution in [0.3, 0.4) is 0 Å². The molecule has 0 unspecified atom stereocenters. The summed E-state index contributed by atoms with van der Waals surface area (Å²) in [6, 6.07) is 14.2. The minimum atomic E-state index is 0.0144. The lowest BCUT2D eigenvalue weighted by Gasteiger charge is -2.33. The summed E-state index contributed by atoms with van der Waals surface area (Å²) in [5, 5.41) is 28.4. The number of rotatable bonds is 5. The Labute approximate surface area is 220 Å². The molecule has 1 aromatic carbocycles. The van der Waals surface area contributed by atoms with Gasteiger partial charge in [0.2, 0.25) is 5.91 Å². The minimum absolute atomic E-state index is 0.0144. The van der Waals surface area contributed by atoms with Crippen LogP contribution < -0.4 is 0 Å². The largest absolute Gasteiger partial charge is 0.342 e. The zero-order valence-corrected chi connectivity index (χ0v) is 21.9. The Hall–Kier alpha value is -4.08. The van der Waals surface area contributed by atoms with Gasteiger partial charge in [0.15, 0.2) is 0 Å². The number of carbonyl (C=O) groups is 1. The van der Waals surface area contributed by atoms with Crippen molar-refractivity contribution in [3.8, 4) is 23.3 Å². The van der Waals surface area contributed by atoms with Crippen LogP contribution in [0.2, 0.25) is 0 Å². The quantitative estimate of drug-likeness (QED) is 0.365. The van der Waals surface area contributed by atoms with E-state index in [1.807, 2.05) is 49.3 Å². The third-order valence-electron chi connectivity index (χ3n) is 6.90. The number of nitrogens with zero attached hydrogens (tertiary/aromatic N) is 7. The van der Waals surface area contributed by atoms with E-state index in [4.69, 9.17) is 5.10 Å². The molecule has 0 radical (unpaired) electrons. The van der Waals surface area contributed by atoms with E-state index in [0.717, 1.165) is 58.1 Å². The van der Waals surface area contributed by atoms with Crippen LogP contribution in [0.4, 0.5) is 0 Å². The highest BCUT2D eigenvalue weighted by atomic mass is 32.2. The van der Waals surface area contributed by atoms with Gasteiger partial charge < -0.3 is 4.90 Å². The van der Waals surface area contributed by atoms with E-state index in [1.54, 1.807) is 16.8 Å². The molecular formula is C28H27N7OS. The molecule has 37 heavy (non-hydrogen) atoms. The Bertz CT molecular complexity index is 1560. The van der Waals surface area contributed by atoms with Crippen LogP contribution in [0.1, 0.15) is 49.6 Å². The molecule has 1 saturated heterocycles. The fraction of sp³-hybridized carbons (Fsp3) is 0.321. The Morgan fingerprint density at radius 1 is 1.05 bits per heavy atom. The van der Waals surface area contributed by atoms with Crippen molar-refractivity contribution in [2.24, 2.45) is 5.92 Å². The van der Waals surface area contributed by atoms with Crippen LogP contribution in [0.15, 0.2) is 58.7 Å². The second-order valence-corrected chi connectivity index (χ2v) is 10.6. The predicted molar refractivity (Wildman–Crippen MR) is 141 cm³/mol. The first-order valence-corrected chi connectivity index (χ1v) is 13.1. The summed E-state index contributed by atoms with van der Waals surface area (Å²) in [6.45, 7) is 7.44. The zero-order valence-electron chi connectivity index (χ0n) is 21.0. The smallest absolute Gasteiger partial charge is 0.225 e. The van der Waals surface area contributed by atoms with E-state index >= 15 is 0 Å². The molecule has 0 saturated carbocycles. The molecule has 8 nitrogen and oxygen atoms in total. The number of benzene rings is 1. The highest BCUT2D eigenvalue weighted by Crippen LogP contribution is 2.38. The van der Waals surface area contributed by atoms with Crippen molar-refractivity contribution in [2.75, 3.05) is 13.1 Å². The molecule has 4 heterocycles. The summed E-state index contributed by atoms with van der Waals surface area (Å²) < 4.78 is 3.82. The number of pyridine rings is 1. The number of hydrogen-bond acceptors (Lipinski definition) is 6. The number of fused-ring (bicyclic) bond motifs is 1. The Morgan fingerprint density at radius 2 is 1.78 bits per heavy atom. The second-order valence-electron chi connectivity index (χ2n) is 9.57. The summed E-state index contributed by atoms with van der Waals surface area (Å²) in [6.07, 6.45) is 7.12. The van der Waals surface area contributed by atoms with Crippen molar-refractivity contribution < 1.29 is 4.79 Å². The first-order valence-electron chi connectivity index (χ1n) is 12.3. The molecule has 0 N–H and O–H groups in total. The molecule has 1 amide bonds. The van der Waals surface area contributed by atoms with Crippen molar-refractivity contribution in [1.82, 2.24) is 24.3 Å². The number of aromatic nitrogens is 4. The van der Waals surface area contributed by atoms with Gasteiger partial charge in [-0.25, -0.2) is 4.52 Å². The first kappa shape index (κ1) is 24.6. The van der Waals surface area contributed by atoms with Gasteiger partial charge in [-0.05, 0) is 38.0 Å². The Kier molecular flexibility index (Phi) is 6.73. The van der Waals surface area contributed by atoms with Gasteiger partial charge in [-0.3, -0.25) is 9.48 Å². The summed E-state index contributed by atoms with van der Waals surface area (Å²) in [4.78, 5) is 16.0. The van der Waals surface area contributed by atoms with Crippen molar-refractivity contribution in [2.45, 2.75) is 49.4 Å². The summed E-state index contributed by atoms with van der Waals surface area (Å²) in [5.41, 5.74) is 4.77. The Morgan fingerprint density at radius 3 is 2.49 bits per heavy atom. The standard InChI is InChI=1S/C28H27N7OS/c1-18(2)28(36)33-10-8-23(9-11-33)35-19(3)24(16-32-35)21-12-26(27-22(14-30)15-31-34(27)17-21)37-25-7-5-4-6-20(25)13-29/h4-7,12,15-18,23H,8-11H2,1-3H3. The van der Waals surface area contributed by atoms with Crippen LogP contribution in [-0.2, 0) is 4.79 Å². The predicted octanol–water partition coefficient (Wildman–Crippen LogP) is 5.22. The molecule has 9 heteroatoms. The maximum Gasteiger partial charge on any atom is 0.225 e. The zero-order chi connectivity index (χ0) is 26.1. The lowest BCUT2D eigenvalue weighted by molar-refractivity contribution is -0.135. The monoisotopic (exact) mass is 509 g/mol. The number of piperidine rings is 1. The maximum absolute atomic E-state index is 12.4. The minimum Gasteiger partial charge on any atom is -0.342 e. The number of amides is 1. The second kappa shape index (κ2) is 10.1. The van der Waals surface area contributed by atoms with Gasteiger partial charge in [-0.15, -0.1) is 0 Å². The molecular weight excluding hydrogens is 482 g/mol. The van der Waals surface area contributed by atoms with Gasteiger partial charge in [0.25, 0.3) is 0 Å². The number of hydrogen-bond donors (Lipinski definition) is 0. The van der Waals surface area contributed by atoms with Gasteiger partial charge in [-0.1, -0.05) is 37.7 Å². The van der Waals surface area contributed by atoms with E-state index in [1.165, 1.54) is 11.8 Å². The van der Waals surface area contributed by atoms with Crippen molar-refractivity contribution in [3.63, 3.8) is 0 Å². The Balaban J connectivity index is 1.49. The van der Waals surface area contributed by atoms with Crippen molar-refractivity contribution in [1.29, 1.82) is 10.5 Å². The normalized spacial score (nSPS) is 14.2. The van der Waals surface area contributed by atoms with E-state index in [0.29, 0.717) is 11.1 Å². The molecule has 4 aromatic rings. The third kappa shape index (κ3) is 4.59. The van der Waals surface area contributed by atoms with Crippen LogP contribution in [0.25, 0.3) is 16.6 Å². The van der Waals surface area contributed by atoms with E-state index in [-0.39, 0.29) is 17.9 Å². The average molecular weight is 510 g/mol. The molecule has 0 atom stereocenters. The highest BCUT2D eigenvalue weighted by molar-refractivity contribution is 7.99. The van der Waals surface area contributed by atoms with Gasteiger partial charge in [-0.2, -0.15) is 20.7 Å². The fourth-order valence-electron chi connectivity index (χ4n) is 4.93. The van der Waals surface area contributed by atoms with Crippen molar-refractivity contribution >= 4 is 23.2 Å². The number of likely N-dealkylation sites (tertiary alicyclic amines) is 1. The van der Waals surface area contributed by atoms with Crippen LogP contribution in [0.5, 0.6) is 0 Å². The van der Waals surface area contributed by atoms with E-state index in [9.17, 15) is 15.3 Å². The van der Waals surface area contributed by atoms with E-state index < -0.39 is 0 Å². The van der Waals surface area contributed by atoms with Crippen LogP contribution in [0, 0.1) is 35.5 Å². The molecule has 1 aliphatic heterocycles. The molecule has 1 aliphatic rings. The lowest BCUT2D eigenvalue weighted by Crippen LogP contribution is -2.41. The van der Waals surface area contributed by atoms with E-state index in [2.05, 4.69) is 34.9 Å². The molecule has 5 rings (SSSR count). The molecule has 0 bridgehead atoms. The first-order chi connectivity index (χ1) is 17.9. The summed E-state index contributed by atoms with van der Waals surface area (Å²) in [5.74, 6) is 0.226. The van der Waals surface area contributed by atoms with Gasteiger partial charge >= 0.3 is 0 Å². The van der Waals surface area contributed by atoms with Crippen LogP contribution >= 0.6 is 11.8 Å². The van der Waals surface area contributed by atoms with Gasteiger partial charge in [0.05, 0.1) is 35.1 Å². The lowest BCUT2D eigenvalue weighted by atomic mass is 10.0. The maximum atomic E-state index is 12.4.